The maximum atomic E-state index is 14.1. The van der Waals surface area contributed by atoms with Gasteiger partial charge < -0.3 is 29.6 Å². The molecule has 2 amide bonds. The van der Waals surface area contributed by atoms with E-state index in [0.717, 1.165) is 24.2 Å². The van der Waals surface area contributed by atoms with Gasteiger partial charge in [0.05, 0.1) is 57.8 Å². The van der Waals surface area contributed by atoms with Crippen molar-refractivity contribution < 1.29 is 74.1 Å². The first-order chi connectivity index (χ1) is 32.1. The molecule has 1 aliphatic carbocycles. The van der Waals surface area contributed by atoms with E-state index in [1.807, 2.05) is 24.3 Å². The summed E-state index contributed by atoms with van der Waals surface area (Å²) in [6, 6.07) is 12.3. The van der Waals surface area contributed by atoms with Crippen LogP contribution in [0.1, 0.15) is 135 Å². The molecule has 1 aliphatic rings. The Morgan fingerprint density at radius 2 is 1.13 bits per heavy atom. The molecule has 2 aromatic rings. The molecule has 1 fully saturated rings. The van der Waals surface area contributed by atoms with Crippen LogP contribution in [0.3, 0.4) is 0 Å². The summed E-state index contributed by atoms with van der Waals surface area (Å²) < 4.78 is 101. The molecule has 0 bridgehead atoms. The van der Waals surface area contributed by atoms with Crippen LogP contribution < -0.4 is 20.1 Å². The summed E-state index contributed by atoms with van der Waals surface area (Å²) in [5.74, 6) is -11.9. The number of nitrogens with one attached hydrogen (secondary N) is 2. The molecular formula is C50H70F6N2O10. The Hall–Kier alpha value is -5.16. The van der Waals surface area contributed by atoms with Gasteiger partial charge in [0, 0.05) is 32.1 Å². The minimum atomic E-state index is -4.38. The molecule has 0 saturated heterocycles. The third-order valence-corrected chi connectivity index (χ3v) is 10.9. The molecule has 2 N–H and O–H groups in total. The number of benzene rings is 2. The summed E-state index contributed by atoms with van der Waals surface area (Å²) in [6.45, 7) is 8.15. The smallest absolute Gasteiger partial charge is 0.293 e. The first-order valence-corrected chi connectivity index (χ1v) is 23.5. The zero-order valence-corrected chi connectivity index (χ0v) is 39.8. The van der Waals surface area contributed by atoms with Crippen molar-refractivity contribution in [3.8, 4) is 11.5 Å². The van der Waals surface area contributed by atoms with E-state index in [1.165, 1.54) is 25.7 Å². The van der Waals surface area contributed by atoms with Crippen molar-refractivity contribution in [1.82, 2.24) is 10.6 Å². The number of hydrogen-bond donors (Lipinski definition) is 2. The topological polar surface area (TPSA) is 163 Å². The van der Waals surface area contributed by atoms with E-state index < -0.39 is 60.8 Å². The van der Waals surface area contributed by atoms with Crippen molar-refractivity contribution in [1.29, 1.82) is 0 Å². The number of rotatable bonds is 34. The zero-order chi connectivity index (χ0) is 50.6. The van der Waals surface area contributed by atoms with Crippen molar-refractivity contribution in [3.63, 3.8) is 0 Å². The highest BCUT2D eigenvalue weighted by molar-refractivity contribution is 5.90. The van der Waals surface area contributed by atoms with Crippen LogP contribution in [-0.4, -0.2) is 92.6 Å². The number of carbonyl (C=O) groups excluding carboxylic acids is 6. The van der Waals surface area contributed by atoms with E-state index >= 15 is 0 Å². The SMILES string of the molecule is CC(C)CCC(=O)[C@H](Cc1ccc(OCCCOC=O)cc1)NC(=O)CCC1CCCC1.CCCC(=O)[C@H](Cc1ccc(OCCCOC=O)cc1)NC(=O)CC(F)(F)CC(F)(F)CC(C)(F)F. The van der Waals surface area contributed by atoms with Gasteiger partial charge in [0.1, 0.15) is 11.5 Å². The molecule has 382 valence electrons. The molecule has 18 heteroatoms. The van der Waals surface area contributed by atoms with E-state index in [4.69, 9.17) is 9.47 Å². The van der Waals surface area contributed by atoms with Crippen LogP contribution >= 0.6 is 0 Å². The molecule has 0 spiro atoms. The molecule has 0 unspecified atom stereocenters. The average Bonchev–Trinajstić information content (AvgIpc) is 3.78. The van der Waals surface area contributed by atoms with Crippen LogP contribution in [0.4, 0.5) is 26.3 Å². The number of Topliss-reactive ketones (excluding diaryl/α,β-unsaturated/α-hetero) is 2. The summed E-state index contributed by atoms with van der Waals surface area (Å²) in [6.07, 6.45) is 3.79. The second kappa shape index (κ2) is 31.1. The van der Waals surface area contributed by atoms with E-state index in [2.05, 4.69) is 34.0 Å². The van der Waals surface area contributed by atoms with Gasteiger partial charge in [-0.3, -0.25) is 28.8 Å². The van der Waals surface area contributed by atoms with Crippen molar-refractivity contribution >= 4 is 36.3 Å². The van der Waals surface area contributed by atoms with Gasteiger partial charge in [-0.05, 0) is 86.3 Å². The van der Waals surface area contributed by atoms with E-state index in [0.29, 0.717) is 87.8 Å². The van der Waals surface area contributed by atoms with Gasteiger partial charge in [-0.1, -0.05) is 70.7 Å². The van der Waals surface area contributed by atoms with Crippen molar-refractivity contribution in [3.05, 3.63) is 59.7 Å². The summed E-state index contributed by atoms with van der Waals surface area (Å²) in [4.78, 5) is 70.3. The molecular weight excluding hydrogens is 903 g/mol. The molecule has 0 heterocycles. The highest BCUT2D eigenvalue weighted by Gasteiger charge is 2.48. The van der Waals surface area contributed by atoms with Crippen LogP contribution in [0.5, 0.6) is 11.5 Å². The Kier molecular flexibility index (Phi) is 26.9. The summed E-state index contributed by atoms with van der Waals surface area (Å²) >= 11 is 0. The molecule has 68 heavy (non-hydrogen) atoms. The highest BCUT2D eigenvalue weighted by atomic mass is 19.3. The lowest BCUT2D eigenvalue weighted by atomic mass is 9.96. The lowest BCUT2D eigenvalue weighted by Gasteiger charge is -2.25. The zero-order valence-electron chi connectivity index (χ0n) is 39.8. The number of amides is 2. The molecule has 0 aromatic heterocycles. The average molecular weight is 973 g/mol. The van der Waals surface area contributed by atoms with Crippen molar-refractivity contribution in [2.45, 2.75) is 167 Å². The first-order valence-electron chi connectivity index (χ1n) is 23.5. The fourth-order valence-corrected chi connectivity index (χ4v) is 7.53. The Bertz CT molecular complexity index is 1800. The Labute approximate surface area is 396 Å². The summed E-state index contributed by atoms with van der Waals surface area (Å²) in [5.41, 5.74) is 1.56. The number of hydrogen-bond acceptors (Lipinski definition) is 10. The molecule has 1 saturated carbocycles. The number of ether oxygens (including phenoxy) is 4. The third kappa shape index (κ3) is 27.0. The van der Waals surface area contributed by atoms with Gasteiger partial charge in [0.2, 0.25) is 11.8 Å². The number of carbonyl (C=O) groups is 6. The quantitative estimate of drug-likeness (QED) is 0.0392. The van der Waals surface area contributed by atoms with E-state index in [9.17, 15) is 55.1 Å². The largest absolute Gasteiger partial charge is 0.493 e. The third-order valence-electron chi connectivity index (χ3n) is 10.9. The molecule has 12 nitrogen and oxygen atoms in total. The van der Waals surface area contributed by atoms with Crippen LogP contribution in [0.2, 0.25) is 0 Å². The number of halogens is 6. The summed E-state index contributed by atoms with van der Waals surface area (Å²) in [7, 11) is 0. The van der Waals surface area contributed by atoms with E-state index in [1.54, 1.807) is 31.2 Å². The first kappa shape index (κ1) is 59.0. The van der Waals surface area contributed by atoms with Gasteiger partial charge >= 0.3 is 0 Å². The normalized spacial score (nSPS) is 13.9. The fraction of sp³-hybridized carbons (Fsp3) is 0.640. The predicted octanol–water partition coefficient (Wildman–Crippen LogP) is 9.75. The number of ketones is 2. The van der Waals surface area contributed by atoms with E-state index in [-0.39, 0.29) is 44.7 Å². The maximum Gasteiger partial charge on any atom is 0.293 e. The van der Waals surface area contributed by atoms with Crippen LogP contribution in [0, 0.1) is 11.8 Å². The Morgan fingerprint density at radius 1 is 0.662 bits per heavy atom. The van der Waals surface area contributed by atoms with Gasteiger partial charge in [0.15, 0.2) is 11.6 Å². The maximum absolute atomic E-state index is 14.1. The molecule has 0 radical (unpaired) electrons. The second-order valence-electron chi connectivity index (χ2n) is 17.9. The van der Waals surface area contributed by atoms with Gasteiger partial charge in [-0.2, -0.15) is 0 Å². The van der Waals surface area contributed by atoms with Crippen LogP contribution in [0.15, 0.2) is 48.5 Å². The van der Waals surface area contributed by atoms with Crippen LogP contribution in [-0.2, 0) is 51.1 Å². The number of alkyl halides is 6. The minimum absolute atomic E-state index is 0.0164. The molecule has 3 rings (SSSR count). The minimum Gasteiger partial charge on any atom is -0.493 e. The lowest BCUT2D eigenvalue weighted by Crippen LogP contribution is -2.45. The standard InChI is InChI=1S/C26H39NO5.C24H31F6NO5/c1-20(2)8-14-25(29)24(27-26(30)15-11-21-6-3-4-7-21)18-22-9-12-23(13-10-22)32-17-5-16-31-19-28;1-3-5-20(33)19(12-17-6-8-18(9-7-17)36-11-4-10-35-16-32)31-21(34)13-23(27,28)15-24(29,30)14-22(2,25)26/h9-10,12-13,19-21,24H,3-8,11,14-18H2,1-2H3,(H,27,30);6-9,16,19H,3-5,10-15H2,1-2H3,(H,31,34)/t24-;19-/m00/s1. The van der Waals surface area contributed by atoms with Gasteiger partial charge in [-0.25, -0.2) is 26.3 Å². The predicted molar refractivity (Wildman–Crippen MR) is 243 cm³/mol. The lowest BCUT2D eigenvalue weighted by molar-refractivity contribution is -0.159. The van der Waals surface area contributed by atoms with Crippen molar-refractivity contribution in [2.24, 2.45) is 11.8 Å². The molecule has 2 aromatic carbocycles. The Morgan fingerprint density at radius 3 is 1.57 bits per heavy atom. The highest BCUT2D eigenvalue weighted by Crippen LogP contribution is 2.39. The second-order valence-corrected chi connectivity index (χ2v) is 17.9. The van der Waals surface area contributed by atoms with Crippen LogP contribution in [0.25, 0.3) is 0 Å². The molecule has 2 atom stereocenters. The van der Waals surface area contributed by atoms with Gasteiger partial charge in [-0.15, -0.1) is 0 Å². The fourth-order valence-electron chi connectivity index (χ4n) is 7.53. The molecule has 0 aliphatic heterocycles. The van der Waals surface area contributed by atoms with Crippen molar-refractivity contribution in [2.75, 3.05) is 26.4 Å². The monoisotopic (exact) mass is 972 g/mol. The summed E-state index contributed by atoms with van der Waals surface area (Å²) in [5, 5.41) is 5.19. The Balaban J connectivity index is 0.000000470. The van der Waals surface area contributed by atoms with Gasteiger partial charge in [0.25, 0.3) is 30.7 Å².